The number of ketones is 2. The van der Waals surface area contributed by atoms with Crippen molar-refractivity contribution >= 4 is 33.9 Å². The molecule has 0 spiro atoms. The maximum atomic E-state index is 12.8. The molecule has 0 aromatic carbocycles. The average Bonchev–Trinajstić information content (AvgIpc) is 3.07. The van der Waals surface area contributed by atoms with Gasteiger partial charge in [-0.2, -0.15) is 0 Å². The number of carbonyl (C=O) groups excluding carboxylic acids is 3. The fourth-order valence-electron chi connectivity index (χ4n) is 3.78. The Morgan fingerprint density at radius 3 is 2.63 bits per heavy atom. The molecular formula is C20H25N3O3S. The molecule has 1 aliphatic carbocycles. The lowest BCUT2D eigenvalue weighted by Gasteiger charge is -2.26. The first-order valence-electron chi connectivity index (χ1n) is 9.19. The number of hydrogen-bond donors (Lipinski definition) is 2. The molecular weight excluding hydrogens is 362 g/mol. The Morgan fingerprint density at radius 1 is 1.30 bits per heavy atom. The molecule has 0 fully saturated rings. The van der Waals surface area contributed by atoms with Gasteiger partial charge < -0.3 is 4.98 Å². The van der Waals surface area contributed by atoms with E-state index in [1.807, 2.05) is 20.8 Å². The van der Waals surface area contributed by atoms with Crippen LogP contribution in [0.4, 0.5) is 5.13 Å². The van der Waals surface area contributed by atoms with Gasteiger partial charge in [0, 0.05) is 17.7 Å². The Labute approximate surface area is 162 Å². The molecule has 0 saturated carbocycles. The predicted octanol–water partition coefficient (Wildman–Crippen LogP) is 4.34. The molecule has 0 saturated heterocycles. The molecule has 2 aromatic heterocycles. The Hall–Kier alpha value is -2.28. The van der Waals surface area contributed by atoms with Crippen LogP contribution in [0.1, 0.15) is 88.0 Å². The lowest BCUT2D eigenvalue weighted by molar-refractivity contribution is 0.0914. The van der Waals surface area contributed by atoms with E-state index in [2.05, 4.69) is 15.3 Å². The maximum absolute atomic E-state index is 12.8. The van der Waals surface area contributed by atoms with Gasteiger partial charge in [0.2, 0.25) is 0 Å². The summed E-state index contributed by atoms with van der Waals surface area (Å²) in [5.41, 5.74) is 3.10. The van der Waals surface area contributed by atoms with Crippen LogP contribution < -0.4 is 5.32 Å². The number of nitrogens with zero attached hydrogens (tertiary/aromatic N) is 1. The second-order valence-corrected chi connectivity index (χ2v) is 8.97. The predicted molar refractivity (Wildman–Crippen MR) is 106 cm³/mol. The first kappa shape index (κ1) is 19.5. The fraction of sp³-hybridized carbons (Fsp3) is 0.500. The number of aryl methyl sites for hydroxylation is 1. The van der Waals surface area contributed by atoms with Gasteiger partial charge in [-0.3, -0.25) is 19.7 Å². The molecule has 1 aliphatic rings. The van der Waals surface area contributed by atoms with Gasteiger partial charge in [-0.05, 0) is 37.7 Å². The summed E-state index contributed by atoms with van der Waals surface area (Å²) in [4.78, 5) is 45.4. The van der Waals surface area contributed by atoms with Crippen LogP contribution in [0.15, 0.2) is 0 Å². The van der Waals surface area contributed by atoms with E-state index in [0.29, 0.717) is 39.8 Å². The number of H-pyrrole nitrogens is 1. The second-order valence-electron chi connectivity index (χ2n) is 7.97. The number of aromatic nitrogens is 2. The summed E-state index contributed by atoms with van der Waals surface area (Å²) >= 11 is 1.23. The third-order valence-corrected chi connectivity index (χ3v) is 5.88. The van der Waals surface area contributed by atoms with Crippen LogP contribution in [0.25, 0.3) is 0 Å². The van der Waals surface area contributed by atoms with Gasteiger partial charge in [-0.25, -0.2) is 4.98 Å². The monoisotopic (exact) mass is 387 g/mol. The Morgan fingerprint density at radius 2 is 2.00 bits per heavy atom. The van der Waals surface area contributed by atoms with Crippen LogP contribution in [0.2, 0.25) is 0 Å². The molecule has 2 aromatic rings. The fourth-order valence-corrected chi connectivity index (χ4v) is 4.69. The maximum Gasteiger partial charge on any atom is 0.274 e. The molecule has 0 unspecified atom stereocenters. The largest absolute Gasteiger partial charge is 0.354 e. The zero-order valence-corrected chi connectivity index (χ0v) is 17.2. The summed E-state index contributed by atoms with van der Waals surface area (Å²) in [6.07, 6.45) is 2.68. The first-order valence-corrected chi connectivity index (χ1v) is 10.0. The van der Waals surface area contributed by atoms with E-state index < -0.39 is 0 Å². The van der Waals surface area contributed by atoms with E-state index in [1.165, 1.54) is 18.3 Å². The minimum atomic E-state index is -0.327. The van der Waals surface area contributed by atoms with E-state index in [0.717, 1.165) is 24.1 Å². The van der Waals surface area contributed by atoms with Crippen molar-refractivity contribution in [1.29, 1.82) is 0 Å². The third kappa shape index (κ3) is 3.74. The minimum absolute atomic E-state index is 0.0520. The number of amides is 1. The highest BCUT2D eigenvalue weighted by Gasteiger charge is 2.34. The summed E-state index contributed by atoms with van der Waals surface area (Å²) in [5, 5.41) is 3.24. The highest BCUT2D eigenvalue weighted by molar-refractivity contribution is 7.17. The van der Waals surface area contributed by atoms with E-state index in [1.54, 1.807) is 6.92 Å². The molecule has 3 rings (SSSR count). The van der Waals surface area contributed by atoms with Crippen molar-refractivity contribution < 1.29 is 14.4 Å². The molecule has 6 nitrogen and oxygen atoms in total. The summed E-state index contributed by atoms with van der Waals surface area (Å²) in [6.45, 7) is 9.42. The van der Waals surface area contributed by atoms with Gasteiger partial charge in [0.1, 0.15) is 5.69 Å². The van der Waals surface area contributed by atoms with Gasteiger partial charge in [0.15, 0.2) is 16.7 Å². The molecule has 0 bridgehead atoms. The third-order valence-electron chi connectivity index (χ3n) is 4.83. The van der Waals surface area contributed by atoms with Crippen LogP contribution in [0.5, 0.6) is 0 Å². The van der Waals surface area contributed by atoms with Gasteiger partial charge >= 0.3 is 0 Å². The van der Waals surface area contributed by atoms with E-state index in [-0.39, 0.29) is 22.9 Å². The van der Waals surface area contributed by atoms with Crippen molar-refractivity contribution in [2.75, 3.05) is 5.32 Å². The molecule has 0 aliphatic heterocycles. The van der Waals surface area contributed by atoms with Crippen molar-refractivity contribution in [3.63, 3.8) is 0 Å². The zero-order valence-electron chi connectivity index (χ0n) is 16.4. The van der Waals surface area contributed by atoms with Crippen molar-refractivity contribution in [2.24, 2.45) is 5.41 Å². The normalized spacial score (nSPS) is 15.5. The van der Waals surface area contributed by atoms with Crippen molar-refractivity contribution in [1.82, 2.24) is 9.97 Å². The number of rotatable bonds is 5. The summed E-state index contributed by atoms with van der Waals surface area (Å²) < 4.78 is 0. The standard InChI is InChI=1S/C20H25N3O3S/c1-6-7-12-15(11(3)24)10(2)21-16(12)18(26)23-19-22-13-8-20(4,5)9-14(25)17(13)27-19/h21H,6-9H2,1-5H3,(H,22,23,26). The minimum Gasteiger partial charge on any atom is -0.354 e. The van der Waals surface area contributed by atoms with E-state index in [9.17, 15) is 14.4 Å². The van der Waals surface area contributed by atoms with Gasteiger partial charge in [0.25, 0.3) is 5.91 Å². The molecule has 0 atom stereocenters. The second kappa shape index (κ2) is 7.03. The first-order chi connectivity index (χ1) is 12.6. The highest BCUT2D eigenvalue weighted by atomic mass is 32.1. The van der Waals surface area contributed by atoms with Gasteiger partial charge in [0.05, 0.1) is 10.6 Å². The van der Waals surface area contributed by atoms with Gasteiger partial charge in [-0.15, -0.1) is 0 Å². The quantitative estimate of drug-likeness (QED) is 0.747. The van der Waals surface area contributed by atoms with Crippen LogP contribution in [-0.2, 0) is 12.8 Å². The number of nitrogens with one attached hydrogen (secondary N) is 2. The number of carbonyl (C=O) groups is 3. The highest BCUT2D eigenvalue weighted by Crippen LogP contribution is 2.38. The Balaban J connectivity index is 1.90. The molecule has 7 heteroatoms. The van der Waals surface area contributed by atoms with E-state index >= 15 is 0 Å². The summed E-state index contributed by atoms with van der Waals surface area (Å²) in [6, 6.07) is 0. The lowest BCUT2D eigenvalue weighted by atomic mass is 9.78. The van der Waals surface area contributed by atoms with Crippen LogP contribution in [0, 0.1) is 12.3 Å². The van der Waals surface area contributed by atoms with Crippen LogP contribution >= 0.6 is 11.3 Å². The Bertz CT molecular complexity index is 937. The smallest absolute Gasteiger partial charge is 0.274 e. The summed E-state index contributed by atoms with van der Waals surface area (Å²) in [5.74, 6) is -0.295. The van der Waals surface area contributed by atoms with Crippen LogP contribution in [-0.4, -0.2) is 27.4 Å². The molecule has 0 radical (unpaired) electrons. The van der Waals surface area contributed by atoms with Gasteiger partial charge in [-0.1, -0.05) is 38.5 Å². The topological polar surface area (TPSA) is 91.9 Å². The number of hydrogen-bond acceptors (Lipinski definition) is 5. The van der Waals surface area contributed by atoms with Crippen molar-refractivity contribution in [2.45, 2.75) is 60.3 Å². The average molecular weight is 388 g/mol. The van der Waals surface area contributed by atoms with E-state index in [4.69, 9.17) is 0 Å². The van der Waals surface area contributed by atoms with Crippen molar-refractivity contribution in [3.05, 3.63) is 33.1 Å². The number of anilines is 1. The molecule has 2 heterocycles. The van der Waals surface area contributed by atoms with Crippen LogP contribution in [0.3, 0.4) is 0 Å². The number of Topliss-reactive ketones (excluding diaryl/α,β-unsaturated/α-hetero) is 2. The SMILES string of the molecule is CCCc1c(C(=O)Nc2nc3c(s2)C(=O)CC(C)(C)C3)[nH]c(C)c1C(C)=O. The molecule has 27 heavy (non-hydrogen) atoms. The molecule has 1 amide bonds. The molecule has 144 valence electrons. The number of fused-ring (bicyclic) bond motifs is 1. The zero-order chi connectivity index (χ0) is 19.9. The lowest BCUT2D eigenvalue weighted by Crippen LogP contribution is -2.26. The Kier molecular flexibility index (Phi) is 5.08. The van der Waals surface area contributed by atoms with Crippen molar-refractivity contribution in [3.8, 4) is 0 Å². The summed E-state index contributed by atoms with van der Waals surface area (Å²) in [7, 11) is 0. The molecule has 2 N–H and O–H groups in total. The number of thiazole rings is 1. The number of aromatic amines is 1.